The number of ether oxygens (including phenoxy) is 1. The number of hydrogen-bond donors (Lipinski definition) is 0. The summed E-state index contributed by atoms with van der Waals surface area (Å²) in [5, 5.41) is 0. The molecule has 0 saturated heterocycles. The van der Waals surface area contributed by atoms with Crippen molar-refractivity contribution < 1.29 is 9.53 Å². The number of carbonyl (C=O) groups excluding carboxylic acids is 1. The van der Waals surface area contributed by atoms with Crippen LogP contribution in [-0.4, -0.2) is 12.1 Å². The highest BCUT2D eigenvalue weighted by atomic mass is 16.5. The number of carbonyl (C=O) groups is 1. The molecule has 0 aliphatic heterocycles. The lowest BCUT2D eigenvalue weighted by molar-refractivity contribution is -0.210. The summed E-state index contributed by atoms with van der Waals surface area (Å²) in [5.41, 5.74) is 4.63. The number of rotatable bonds is 1. The number of hydrogen-bond acceptors (Lipinski definition) is 2. The Bertz CT molecular complexity index is 927. The number of fused-ring (bicyclic) bond motifs is 7. The molecule has 4 fully saturated rings. The van der Waals surface area contributed by atoms with Gasteiger partial charge in [0.1, 0.15) is 6.10 Å². The molecule has 9 atom stereocenters. The third-order valence-electron chi connectivity index (χ3n) is 13.1. The van der Waals surface area contributed by atoms with E-state index < -0.39 is 0 Å². The van der Waals surface area contributed by atoms with Gasteiger partial charge < -0.3 is 4.74 Å². The number of esters is 1. The predicted molar refractivity (Wildman–Crippen MR) is 140 cm³/mol. The molecule has 2 unspecified atom stereocenters. The van der Waals surface area contributed by atoms with Crippen molar-refractivity contribution in [3.63, 3.8) is 0 Å². The zero-order chi connectivity index (χ0) is 24.9. The van der Waals surface area contributed by atoms with Crippen LogP contribution < -0.4 is 0 Å². The van der Waals surface area contributed by atoms with Crippen LogP contribution in [0.15, 0.2) is 23.8 Å². The second-order valence-electron chi connectivity index (χ2n) is 14.9. The number of allylic oxidation sites excluding steroid dienone is 3. The van der Waals surface area contributed by atoms with Crippen molar-refractivity contribution in [1.82, 2.24) is 0 Å². The van der Waals surface area contributed by atoms with Crippen LogP contribution in [0.5, 0.6) is 0 Å². The standard InChI is InChI=1S/C32H50O2/c1-20-12-15-29(6)18-19-31(8)23(27(29)21(20)2)10-11-25-30(7)16-14-26(34-22(3)33)28(4,5)24(30)13-17-32(25,31)9/h10,20,24-27H,2,11-19H2,1,3-9H3/t20-,24?,25?,26+,27+,29-,30+,31-,32-/m1/s1. The fourth-order valence-electron chi connectivity index (χ4n) is 10.8. The van der Waals surface area contributed by atoms with Gasteiger partial charge in [-0.05, 0) is 97.2 Å². The average Bonchev–Trinajstić information content (AvgIpc) is 2.74. The molecule has 0 spiro atoms. The van der Waals surface area contributed by atoms with E-state index in [0.717, 1.165) is 6.42 Å². The normalized spacial score (nSPS) is 51.8. The zero-order valence-electron chi connectivity index (χ0n) is 23.4. The molecule has 0 aromatic rings. The van der Waals surface area contributed by atoms with Crippen molar-refractivity contribution in [3.8, 4) is 0 Å². The minimum absolute atomic E-state index is 0.0309. The highest BCUT2D eigenvalue weighted by Gasteiger charge is 2.68. The Kier molecular flexibility index (Phi) is 5.42. The van der Waals surface area contributed by atoms with Crippen LogP contribution in [-0.2, 0) is 9.53 Å². The first kappa shape index (κ1) is 24.6. The van der Waals surface area contributed by atoms with E-state index in [9.17, 15) is 4.79 Å². The van der Waals surface area contributed by atoms with Gasteiger partial charge in [0.05, 0.1) is 0 Å². The molecular formula is C32H50O2. The van der Waals surface area contributed by atoms with Crippen LogP contribution in [0.2, 0.25) is 0 Å². The maximum absolute atomic E-state index is 11.9. The van der Waals surface area contributed by atoms with E-state index in [4.69, 9.17) is 11.3 Å². The molecule has 34 heavy (non-hydrogen) atoms. The fraction of sp³-hybridized carbons (Fsp3) is 0.844. The van der Waals surface area contributed by atoms with Gasteiger partial charge in [-0.1, -0.05) is 72.3 Å². The van der Waals surface area contributed by atoms with Crippen LogP contribution in [0.25, 0.3) is 0 Å². The van der Waals surface area contributed by atoms with Crippen LogP contribution in [0.4, 0.5) is 0 Å². The summed E-state index contributed by atoms with van der Waals surface area (Å²) in [6.07, 6.45) is 14.1. The van der Waals surface area contributed by atoms with Crippen LogP contribution >= 0.6 is 0 Å². The van der Waals surface area contributed by atoms with Gasteiger partial charge in [0.2, 0.25) is 0 Å². The molecule has 0 heterocycles. The Balaban J connectivity index is 1.55. The Morgan fingerprint density at radius 1 is 0.941 bits per heavy atom. The topological polar surface area (TPSA) is 26.3 Å². The van der Waals surface area contributed by atoms with Gasteiger partial charge in [-0.2, -0.15) is 0 Å². The summed E-state index contributed by atoms with van der Waals surface area (Å²) in [7, 11) is 0. The summed E-state index contributed by atoms with van der Waals surface area (Å²) in [6.45, 7) is 24.0. The molecule has 5 aliphatic rings. The van der Waals surface area contributed by atoms with Crippen molar-refractivity contribution in [2.24, 2.45) is 50.7 Å². The van der Waals surface area contributed by atoms with Gasteiger partial charge in [0, 0.05) is 18.3 Å². The first-order valence-electron chi connectivity index (χ1n) is 14.3. The second-order valence-corrected chi connectivity index (χ2v) is 14.9. The van der Waals surface area contributed by atoms with Gasteiger partial charge >= 0.3 is 5.97 Å². The van der Waals surface area contributed by atoms with E-state index in [1.165, 1.54) is 56.9 Å². The van der Waals surface area contributed by atoms with E-state index in [1.807, 2.05) is 0 Å². The molecule has 0 aromatic heterocycles. The van der Waals surface area contributed by atoms with Gasteiger partial charge in [0.25, 0.3) is 0 Å². The predicted octanol–water partition coefficient (Wildman–Crippen LogP) is 8.52. The van der Waals surface area contributed by atoms with Crippen molar-refractivity contribution in [2.75, 3.05) is 0 Å². The van der Waals surface area contributed by atoms with Crippen molar-refractivity contribution in [1.29, 1.82) is 0 Å². The highest BCUT2D eigenvalue weighted by molar-refractivity contribution is 5.66. The Hall–Kier alpha value is -1.05. The molecule has 5 rings (SSSR count). The largest absolute Gasteiger partial charge is 0.462 e. The smallest absolute Gasteiger partial charge is 0.302 e. The molecule has 5 aliphatic carbocycles. The SMILES string of the molecule is C=C1[C@H]2C3=CCC4[C@@]5(C)CC[C@H](OC(C)=O)C(C)(C)C5CC[C@@]4(C)[C@]3(C)CC[C@@]2(C)CC[C@H]1C. The molecule has 2 nitrogen and oxygen atoms in total. The first-order chi connectivity index (χ1) is 15.7. The average molecular weight is 467 g/mol. The summed E-state index contributed by atoms with van der Waals surface area (Å²) >= 11 is 0. The molecule has 0 aromatic carbocycles. The quantitative estimate of drug-likeness (QED) is 0.286. The van der Waals surface area contributed by atoms with E-state index in [0.29, 0.717) is 39.9 Å². The third kappa shape index (κ3) is 3.02. The van der Waals surface area contributed by atoms with E-state index in [2.05, 4.69) is 54.5 Å². The van der Waals surface area contributed by atoms with Gasteiger partial charge in [0.15, 0.2) is 0 Å². The fourth-order valence-corrected chi connectivity index (χ4v) is 10.8. The maximum atomic E-state index is 11.9. The van der Waals surface area contributed by atoms with Gasteiger partial charge in [-0.15, -0.1) is 0 Å². The molecule has 2 heteroatoms. The van der Waals surface area contributed by atoms with Gasteiger partial charge in [-0.25, -0.2) is 0 Å². The minimum atomic E-state index is -0.118. The molecule has 0 radical (unpaired) electrons. The summed E-state index contributed by atoms with van der Waals surface area (Å²) < 4.78 is 5.90. The molecule has 190 valence electrons. The summed E-state index contributed by atoms with van der Waals surface area (Å²) in [5.74, 6) is 2.41. The van der Waals surface area contributed by atoms with E-state index >= 15 is 0 Å². The molecular weight excluding hydrogens is 416 g/mol. The lowest BCUT2D eigenvalue weighted by atomic mass is 9.33. The summed E-state index contributed by atoms with van der Waals surface area (Å²) in [4.78, 5) is 11.9. The van der Waals surface area contributed by atoms with Crippen molar-refractivity contribution >= 4 is 5.97 Å². The third-order valence-corrected chi connectivity index (χ3v) is 13.1. The van der Waals surface area contributed by atoms with Gasteiger partial charge in [-0.3, -0.25) is 4.79 Å². The minimum Gasteiger partial charge on any atom is -0.462 e. The summed E-state index contributed by atoms with van der Waals surface area (Å²) in [6, 6.07) is 0. The van der Waals surface area contributed by atoms with Crippen molar-refractivity contribution in [2.45, 2.75) is 119 Å². The van der Waals surface area contributed by atoms with Crippen LogP contribution in [0.1, 0.15) is 113 Å². The maximum Gasteiger partial charge on any atom is 0.302 e. The molecule has 0 amide bonds. The van der Waals surface area contributed by atoms with E-state index in [1.54, 1.807) is 12.5 Å². The molecule has 4 saturated carbocycles. The zero-order valence-corrected chi connectivity index (χ0v) is 23.4. The van der Waals surface area contributed by atoms with Crippen LogP contribution in [0, 0.1) is 50.7 Å². The second kappa shape index (κ2) is 7.48. The van der Waals surface area contributed by atoms with Crippen LogP contribution in [0.3, 0.4) is 0 Å². The van der Waals surface area contributed by atoms with E-state index in [-0.39, 0.29) is 22.9 Å². The highest BCUT2D eigenvalue weighted by Crippen LogP contribution is 2.75. The Labute approximate surface area is 209 Å². The Morgan fingerprint density at radius 3 is 2.32 bits per heavy atom. The molecule has 0 bridgehead atoms. The first-order valence-corrected chi connectivity index (χ1v) is 14.3. The molecule has 0 N–H and O–H groups in total. The monoisotopic (exact) mass is 466 g/mol. The lowest BCUT2D eigenvalue weighted by Crippen LogP contribution is -2.64. The lowest BCUT2D eigenvalue weighted by Gasteiger charge is -2.71. The Morgan fingerprint density at radius 2 is 1.65 bits per heavy atom. The van der Waals surface area contributed by atoms with Crippen molar-refractivity contribution in [3.05, 3.63) is 23.8 Å².